The fourth-order valence-corrected chi connectivity index (χ4v) is 1.78. The Morgan fingerprint density at radius 1 is 1.17 bits per heavy atom. The van der Waals surface area contributed by atoms with E-state index in [4.69, 9.17) is 9.84 Å². The van der Waals surface area contributed by atoms with Gasteiger partial charge >= 0.3 is 5.97 Å². The summed E-state index contributed by atoms with van der Waals surface area (Å²) in [6.45, 7) is 1.69. The summed E-state index contributed by atoms with van der Waals surface area (Å²) < 4.78 is 5.14. The molecule has 0 aliphatic carbocycles. The Balaban J connectivity index is 0.00000162. The molecular weight excluding hydrogens is 349 g/mol. The van der Waals surface area contributed by atoms with Gasteiger partial charge in [0.25, 0.3) is 0 Å². The maximum absolute atomic E-state index is 10.9. The minimum atomic E-state index is -0.808. The molecule has 1 N–H and O–H groups in total. The van der Waals surface area contributed by atoms with Gasteiger partial charge in [-0.15, -0.1) is 0 Å². The van der Waals surface area contributed by atoms with E-state index in [-0.39, 0.29) is 68.9 Å². The van der Waals surface area contributed by atoms with Gasteiger partial charge in [0.05, 0.1) is 13.0 Å². The first kappa shape index (κ1) is 16.1. The van der Waals surface area contributed by atoms with Gasteiger partial charge in [-0.05, 0) is 35.4 Å². The summed E-state index contributed by atoms with van der Waals surface area (Å²) in [6.07, 6.45) is 0. The summed E-state index contributed by atoms with van der Waals surface area (Å²) in [7, 11) is 1.63. The van der Waals surface area contributed by atoms with E-state index in [1.165, 1.54) is 0 Å². The Hall–Kier alpha value is 0.0219. The van der Waals surface area contributed by atoms with Crippen LogP contribution in [0.2, 0.25) is 0 Å². The molecule has 0 fully saturated rings. The standard InChI is InChI=1S/C14H14O3.Cs/c1-9(14(15)16)10-3-4-12-8-13(17-2)6-5-11(12)7-10;/h3-9H,1-2H3,(H,15,16);/t9-;/m0./s1. The molecular formula is C14H14CsO3. The minimum absolute atomic E-state index is 0. The summed E-state index contributed by atoms with van der Waals surface area (Å²) in [5, 5.41) is 11.0. The van der Waals surface area contributed by atoms with Crippen LogP contribution in [0, 0.1) is 0 Å². The van der Waals surface area contributed by atoms with E-state index in [0.29, 0.717) is 0 Å². The van der Waals surface area contributed by atoms with Crippen LogP contribution in [-0.2, 0) is 4.79 Å². The van der Waals surface area contributed by atoms with Crippen molar-refractivity contribution >= 4 is 85.6 Å². The second-order valence-electron chi connectivity index (χ2n) is 4.03. The third kappa shape index (κ3) is 3.53. The normalized spacial score (nSPS) is 11.7. The van der Waals surface area contributed by atoms with Crippen LogP contribution in [0.25, 0.3) is 10.8 Å². The number of fused-ring (bicyclic) bond motifs is 1. The van der Waals surface area contributed by atoms with Crippen LogP contribution in [0.15, 0.2) is 36.4 Å². The maximum atomic E-state index is 10.9. The van der Waals surface area contributed by atoms with E-state index >= 15 is 0 Å². The molecule has 2 aromatic carbocycles. The average Bonchev–Trinajstić information content (AvgIpc) is 2.36. The largest absolute Gasteiger partial charge is 0.497 e. The number of aliphatic carboxylic acids is 1. The Morgan fingerprint density at radius 3 is 2.39 bits per heavy atom. The zero-order valence-corrected chi connectivity index (χ0v) is 17.1. The number of ether oxygens (including phenoxy) is 1. The van der Waals surface area contributed by atoms with Gasteiger partial charge in [-0.2, -0.15) is 0 Å². The first-order valence-corrected chi connectivity index (χ1v) is 5.42. The number of rotatable bonds is 3. The molecule has 0 amide bonds. The van der Waals surface area contributed by atoms with E-state index in [1.54, 1.807) is 14.0 Å². The summed E-state index contributed by atoms with van der Waals surface area (Å²) in [5.74, 6) is -0.490. The zero-order valence-electron chi connectivity index (χ0n) is 10.8. The molecule has 2 rings (SSSR count). The molecule has 0 aromatic heterocycles. The van der Waals surface area contributed by atoms with Crippen LogP contribution < -0.4 is 4.74 Å². The van der Waals surface area contributed by atoms with Crippen molar-refractivity contribution in [3.05, 3.63) is 42.0 Å². The number of benzene rings is 2. The maximum Gasteiger partial charge on any atom is 0.310 e. The van der Waals surface area contributed by atoms with Gasteiger partial charge in [0.15, 0.2) is 0 Å². The van der Waals surface area contributed by atoms with E-state index in [0.717, 1.165) is 22.1 Å². The molecule has 89 valence electrons. The van der Waals surface area contributed by atoms with E-state index in [1.807, 2.05) is 36.4 Å². The Kier molecular flexibility index (Phi) is 6.23. The van der Waals surface area contributed by atoms with Crippen LogP contribution in [0.4, 0.5) is 0 Å². The van der Waals surface area contributed by atoms with Crippen LogP contribution >= 0.6 is 0 Å². The molecule has 0 saturated carbocycles. The predicted octanol–water partition coefficient (Wildman–Crippen LogP) is 2.66. The summed E-state index contributed by atoms with van der Waals surface area (Å²) >= 11 is 0. The second-order valence-corrected chi connectivity index (χ2v) is 4.03. The summed E-state index contributed by atoms with van der Waals surface area (Å²) in [5.41, 5.74) is 0.815. The van der Waals surface area contributed by atoms with Gasteiger partial charge in [-0.3, -0.25) is 4.79 Å². The smallest absolute Gasteiger partial charge is 0.310 e. The number of methoxy groups -OCH3 is 1. The third-order valence-electron chi connectivity index (χ3n) is 2.94. The quantitative estimate of drug-likeness (QED) is 0.912. The SMILES string of the molecule is COc1ccc2cc([C@H](C)C(=O)O)ccc2c1.[Cs]. The van der Waals surface area contributed by atoms with Crippen LogP contribution in [-0.4, -0.2) is 87.1 Å². The molecule has 0 unspecified atom stereocenters. The number of hydrogen-bond donors (Lipinski definition) is 1. The summed E-state index contributed by atoms with van der Waals surface area (Å²) in [6, 6.07) is 11.4. The fraction of sp³-hybridized carbons (Fsp3) is 0.214. The monoisotopic (exact) mass is 363 g/mol. The Morgan fingerprint density at radius 2 is 1.78 bits per heavy atom. The molecule has 1 atom stereocenters. The van der Waals surface area contributed by atoms with Crippen molar-refractivity contribution in [3.8, 4) is 5.75 Å². The van der Waals surface area contributed by atoms with Gasteiger partial charge in [0, 0.05) is 68.9 Å². The number of carboxylic acid groups (broad SMARTS) is 1. The second kappa shape index (κ2) is 6.98. The van der Waals surface area contributed by atoms with Crippen LogP contribution in [0.3, 0.4) is 0 Å². The molecule has 0 aliphatic heterocycles. The number of carbonyl (C=O) groups is 1. The molecule has 0 spiro atoms. The fourth-order valence-electron chi connectivity index (χ4n) is 1.78. The Labute approximate surface area is 165 Å². The number of hydrogen-bond acceptors (Lipinski definition) is 2. The van der Waals surface area contributed by atoms with E-state index in [2.05, 4.69) is 0 Å². The average molecular weight is 363 g/mol. The molecule has 0 bridgehead atoms. The van der Waals surface area contributed by atoms with Gasteiger partial charge in [-0.25, -0.2) is 0 Å². The van der Waals surface area contributed by atoms with Gasteiger partial charge in [0.2, 0.25) is 0 Å². The Bertz CT molecular complexity index is 566. The van der Waals surface area contributed by atoms with Gasteiger partial charge in [-0.1, -0.05) is 24.3 Å². The van der Waals surface area contributed by atoms with Crippen molar-refractivity contribution in [1.82, 2.24) is 0 Å². The van der Waals surface area contributed by atoms with Crippen molar-refractivity contribution < 1.29 is 14.6 Å². The first-order chi connectivity index (χ1) is 8.11. The molecule has 2 aromatic rings. The molecule has 1 radical (unpaired) electrons. The van der Waals surface area contributed by atoms with Gasteiger partial charge < -0.3 is 9.84 Å². The predicted molar refractivity (Wildman–Crippen MR) is 72.3 cm³/mol. The van der Waals surface area contributed by atoms with Gasteiger partial charge in [0.1, 0.15) is 5.75 Å². The van der Waals surface area contributed by atoms with Crippen LogP contribution in [0.5, 0.6) is 5.75 Å². The number of carboxylic acids is 1. The minimum Gasteiger partial charge on any atom is -0.497 e. The van der Waals surface area contributed by atoms with Crippen molar-refractivity contribution in [2.24, 2.45) is 0 Å². The van der Waals surface area contributed by atoms with Crippen LogP contribution in [0.1, 0.15) is 18.4 Å². The molecule has 18 heavy (non-hydrogen) atoms. The molecule has 0 saturated heterocycles. The van der Waals surface area contributed by atoms with E-state index < -0.39 is 11.9 Å². The van der Waals surface area contributed by atoms with E-state index in [9.17, 15) is 4.79 Å². The molecule has 0 aliphatic rings. The van der Waals surface area contributed by atoms with Crippen molar-refractivity contribution in [3.63, 3.8) is 0 Å². The van der Waals surface area contributed by atoms with Crippen molar-refractivity contribution in [1.29, 1.82) is 0 Å². The molecule has 3 nitrogen and oxygen atoms in total. The van der Waals surface area contributed by atoms with Crippen molar-refractivity contribution in [2.45, 2.75) is 12.8 Å². The molecule has 0 heterocycles. The first-order valence-electron chi connectivity index (χ1n) is 5.42. The zero-order chi connectivity index (χ0) is 12.4. The summed E-state index contributed by atoms with van der Waals surface area (Å²) in [4.78, 5) is 10.9. The van der Waals surface area contributed by atoms with Crippen molar-refractivity contribution in [2.75, 3.05) is 7.11 Å². The topological polar surface area (TPSA) is 46.5 Å². The third-order valence-corrected chi connectivity index (χ3v) is 2.94. The molecule has 4 heteroatoms.